The van der Waals surface area contributed by atoms with Crippen LogP contribution >= 0.6 is 0 Å². The molecule has 0 bridgehead atoms. The molecule has 0 aliphatic rings. The largest absolute Gasteiger partial charge is 0.480 e. The summed E-state index contributed by atoms with van der Waals surface area (Å²) >= 11 is 0. The van der Waals surface area contributed by atoms with Gasteiger partial charge in [0.2, 0.25) is 10.0 Å². The predicted molar refractivity (Wildman–Crippen MR) is 59.7 cm³/mol. The van der Waals surface area contributed by atoms with Crippen LogP contribution in [0.15, 0.2) is 0 Å². The first kappa shape index (κ1) is 15.3. The smallest absolute Gasteiger partial charge is 0.324 e. The monoisotopic (exact) mass is 253 g/mol. The third-order valence-corrected chi connectivity index (χ3v) is 3.62. The lowest BCUT2D eigenvalue weighted by Crippen LogP contribution is -2.52. The maximum Gasteiger partial charge on any atom is 0.324 e. The van der Waals surface area contributed by atoms with Crippen LogP contribution in [0.4, 0.5) is 0 Å². The minimum Gasteiger partial charge on any atom is -0.480 e. The summed E-state index contributed by atoms with van der Waals surface area (Å²) in [6, 6.07) is 0. The standard InChI is InChI=1S/C9H19NO5S/c1-4-5-9(2,8(11)12)10-16(13,14)7-6-15-3/h10H,4-7H2,1-3H3,(H,11,12). The number of nitrogens with one attached hydrogen (secondary N) is 1. The molecule has 0 aliphatic carbocycles. The van der Waals surface area contributed by atoms with E-state index >= 15 is 0 Å². The van der Waals surface area contributed by atoms with Crippen LogP contribution in [-0.4, -0.2) is 44.5 Å². The van der Waals surface area contributed by atoms with Gasteiger partial charge in [0.25, 0.3) is 0 Å². The van der Waals surface area contributed by atoms with Crippen LogP contribution < -0.4 is 4.72 Å². The third kappa shape index (κ3) is 4.91. The van der Waals surface area contributed by atoms with E-state index in [1.807, 2.05) is 0 Å². The molecule has 0 amide bonds. The quantitative estimate of drug-likeness (QED) is 0.644. The van der Waals surface area contributed by atoms with E-state index in [2.05, 4.69) is 9.46 Å². The van der Waals surface area contributed by atoms with Gasteiger partial charge in [-0.05, 0) is 13.3 Å². The Morgan fingerprint density at radius 3 is 2.44 bits per heavy atom. The fourth-order valence-corrected chi connectivity index (χ4v) is 2.65. The molecule has 0 aromatic rings. The molecular weight excluding hydrogens is 234 g/mol. The zero-order valence-corrected chi connectivity index (χ0v) is 10.6. The van der Waals surface area contributed by atoms with Crippen molar-refractivity contribution in [1.29, 1.82) is 0 Å². The molecule has 96 valence electrons. The highest BCUT2D eigenvalue weighted by Crippen LogP contribution is 2.14. The number of carboxylic acid groups (broad SMARTS) is 1. The number of hydrogen-bond acceptors (Lipinski definition) is 4. The van der Waals surface area contributed by atoms with E-state index in [9.17, 15) is 13.2 Å². The zero-order valence-electron chi connectivity index (χ0n) is 9.82. The van der Waals surface area contributed by atoms with Crippen LogP contribution in [0.5, 0.6) is 0 Å². The molecule has 0 saturated carbocycles. The second-order valence-electron chi connectivity index (χ2n) is 3.80. The first-order chi connectivity index (χ1) is 7.27. The molecule has 16 heavy (non-hydrogen) atoms. The summed E-state index contributed by atoms with van der Waals surface area (Å²) in [5.41, 5.74) is -1.44. The van der Waals surface area contributed by atoms with E-state index in [0.29, 0.717) is 6.42 Å². The maximum absolute atomic E-state index is 11.5. The van der Waals surface area contributed by atoms with Crippen LogP contribution in [0.25, 0.3) is 0 Å². The van der Waals surface area contributed by atoms with Crippen molar-refractivity contribution in [1.82, 2.24) is 4.72 Å². The molecule has 0 aromatic carbocycles. The Kier molecular flexibility index (Phi) is 5.91. The Hall–Kier alpha value is -0.660. The minimum atomic E-state index is -3.62. The summed E-state index contributed by atoms with van der Waals surface area (Å²) in [6.45, 7) is 3.20. The van der Waals surface area contributed by atoms with Gasteiger partial charge in [-0.25, -0.2) is 8.42 Å². The third-order valence-electron chi connectivity index (χ3n) is 2.16. The highest BCUT2D eigenvalue weighted by Gasteiger charge is 2.36. The number of aliphatic carboxylic acids is 1. The topological polar surface area (TPSA) is 92.7 Å². The SMILES string of the molecule is CCCC(C)(NS(=O)(=O)CCOC)C(=O)O. The number of ether oxygens (including phenoxy) is 1. The molecule has 0 aromatic heterocycles. The van der Waals surface area contributed by atoms with E-state index in [0.717, 1.165) is 0 Å². The summed E-state index contributed by atoms with van der Waals surface area (Å²) in [5.74, 6) is -1.41. The molecular formula is C9H19NO5S. The Bertz CT molecular complexity index is 327. The first-order valence-corrected chi connectivity index (χ1v) is 6.66. The lowest BCUT2D eigenvalue weighted by Gasteiger charge is -2.25. The summed E-state index contributed by atoms with van der Waals surface area (Å²) in [7, 11) is -2.24. The number of carbonyl (C=O) groups is 1. The summed E-state index contributed by atoms with van der Waals surface area (Å²) in [6.07, 6.45) is 0.824. The number of carboxylic acids is 1. The van der Waals surface area contributed by atoms with Gasteiger partial charge in [0.15, 0.2) is 0 Å². The highest BCUT2D eigenvalue weighted by molar-refractivity contribution is 7.89. The zero-order chi connectivity index (χ0) is 12.8. The van der Waals surface area contributed by atoms with Crippen molar-refractivity contribution in [3.63, 3.8) is 0 Å². The molecule has 0 saturated heterocycles. The minimum absolute atomic E-state index is 0.0388. The molecule has 1 unspecified atom stereocenters. The first-order valence-electron chi connectivity index (χ1n) is 5.01. The molecule has 0 aliphatic heterocycles. The van der Waals surface area contributed by atoms with E-state index in [1.165, 1.54) is 14.0 Å². The van der Waals surface area contributed by atoms with Crippen molar-refractivity contribution in [2.24, 2.45) is 0 Å². The van der Waals surface area contributed by atoms with Gasteiger partial charge in [0.05, 0.1) is 12.4 Å². The molecule has 1 atom stereocenters. The van der Waals surface area contributed by atoms with Crippen LogP contribution in [0, 0.1) is 0 Å². The molecule has 0 rings (SSSR count). The van der Waals surface area contributed by atoms with Gasteiger partial charge >= 0.3 is 5.97 Å². The lowest BCUT2D eigenvalue weighted by molar-refractivity contribution is -0.143. The fraction of sp³-hybridized carbons (Fsp3) is 0.889. The Morgan fingerprint density at radius 1 is 1.50 bits per heavy atom. The van der Waals surface area contributed by atoms with Crippen molar-refractivity contribution in [2.45, 2.75) is 32.2 Å². The Morgan fingerprint density at radius 2 is 2.06 bits per heavy atom. The van der Waals surface area contributed by atoms with Gasteiger partial charge in [0.1, 0.15) is 5.54 Å². The number of rotatable bonds is 8. The maximum atomic E-state index is 11.5. The predicted octanol–water partition coefficient (Wildman–Crippen LogP) is 0.196. The van der Waals surface area contributed by atoms with Gasteiger partial charge in [-0.1, -0.05) is 13.3 Å². The van der Waals surface area contributed by atoms with E-state index in [1.54, 1.807) is 6.92 Å². The van der Waals surface area contributed by atoms with Crippen LogP contribution in [0.2, 0.25) is 0 Å². The van der Waals surface area contributed by atoms with Gasteiger partial charge < -0.3 is 9.84 Å². The second-order valence-corrected chi connectivity index (χ2v) is 5.64. The summed E-state index contributed by atoms with van der Waals surface area (Å²) < 4.78 is 29.9. The van der Waals surface area contributed by atoms with Gasteiger partial charge in [-0.3, -0.25) is 4.79 Å². The van der Waals surface area contributed by atoms with E-state index < -0.39 is 21.5 Å². The molecule has 6 nitrogen and oxygen atoms in total. The number of methoxy groups -OCH3 is 1. The van der Waals surface area contributed by atoms with Crippen molar-refractivity contribution in [2.75, 3.05) is 19.5 Å². The van der Waals surface area contributed by atoms with Crippen molar-refractivity contribution in [3.8, 4) is 0 Å². The fourth-order valence-electron chi connectivity index (χ4n) is 1.29. The second kappa shape index (κ2) is 6.17. The molecule has 7 heteroatoms. The average Bonchev–Trinajstić information content (AvgIpc) is 2.14. The highest BCUT2D eigenvalue weighted by atomic mass is 32.2. The van der Waals surface area contributed by atoms with Crippen LogP contribution in [0.3, 0.4) is 0 Å². The molecule has 2 N–H and O–H groups in total. The van der Waals surface area contributed by atoms with Crippen molar-refractivity contribution in [3.05, 3.63) is 0 Å². The lowest BCUT2D eigenvalue weighted by atomic mass is 9.98. The normalized spacial score (nSPS) is 15.7. The molecule has 0 spiro atoms. The molecule has 0 radical (unpaired) electrons. The Balaban J connectivity index is 4.69. The van der Waals surface area contributed by atoms with E-state index in [4.69, 9.17) is 5.11 Å². The summed E-state index contributed by atoms with van der Waals surface area (Å²) in [5, 5.41) is 8.99. The Labute approximate surface area is 96.0 Å². The van der Waals surface area contributed by atoms with Crippen LogP contribution in [-0.2, 0) is 19.6 Å². The number of hydrogen-bond donors (Lipinski definition) is 2. The molecule has 0 fully saturated rings. The number of sulfonamides is 1. The summed E-state index contributed by atoms with van der Waals surface area (Å²) in [4.78, 5) is 11.0. The van der Waals surface area contributed by atoms with Gasteiger partial charge in [-0.15, -0.1) is 0 Å². The van der Waals surface area contributed by atoms with E-state index in [-0.39, 0.29) is 18.8 Å². The van der Waals surface area contributed by atoms with Gasteiger partial charge in [0, 0.05) is 7.11 Å². The van der Waals surface area contributed by atoms with Gasteiger partial charge in [-0.2, -0.15) is 4.72 Å². The molecule has 0 heterocycles. The van der Waals surface area contributed by atoms with Crippen molar-refractivity contribution >= 4 is 16.0 Å². The average molecular weight is 253 g/mol. The van der Waals surface area contributed by atoms with Crippen molar-refractivity contribution < 1.29 is 23.1 Å². The van der Waals surface area contributed by atoms with Crippen LogP contribution in [0.1, 0.15) is 26.7 Å².